The van der Waals surface area contributed by atoms with Gasteiger partial charge in [0.15, 0.2) is 0 Å². The van der Waals surface area contributed by atoms with Crippen molar-refractivity contribution >= 4 is 27.4 Å². The second kappa shape index (κ2) is 7.08. The molecular formula is C20H20N6S. The number of rotatable bonds is 4. The van der Waals surface area contributed by atoms with Gasteiger partial charge in [-0.05, 0) is 35.9 Å². The van der Waals surface area contributed by atoms with Crippen LogP contribution in [0.15, 0.2) is 54.7 Å². The molecule has 1 aliphatic rings. The quantitative estimate of drug-likeness (QED) is 0.543. The van der Waals surface area contributed by atoms with Gasteiger partial charge in [0.05, 0.1) is 16.8 Å². The zero-order valence-corrected chi connectivity index (χ0v) is 15.7. The van der Waals surface area contributed by atoms with Crippen LogP contribution in [0.5, 0.6) is 0 Å². The van der Waals surface area contributed by atoms with Gasteiger partial charge in [-0.15, -0.1) is 11.3 Å². The first kappa shape index (κ1) is 16.4. The molecule has 1 atom stereocenters. The van der Waals surface area contributed by atoms with Crippen molar-refractivity contribution in [3.8, 4) is 0 Å². The molecule has 1 fully saturated rings. The Morgan fingerprint density at radius 3 is 3.07 bits per heavy atom. The van der Waals surface area contributed by atoms with Gasteiger partial charge in [0.2, 0.25) is 0 Å². The maximum atomic E-state index is 4.70. The molecule has 0 saturated carbocycles. The number of piperidine rings is 1. The van der Waals surface area contributed by atoms with Gasteiger partial charge in [-0.2, -0.15) is 0 Å². The lowest BCUT2D eigenvalue weighted by atomic mass is 9.97. The van der Waals surface area contributed by atoms with Crippen LogP contribution in [0.25, 0.3) is 10.2 Å². The van der Waals surface area contributed by atoms with Crippen molar-refractivity contribution in [2.45, 2.75) is 25.3 Å². The lowest BCUT2D eigenvalue weighted by molar-refractivity contribution is 0.475. The van der Waals surface area contributed by atoms with Crippen LogP contribution in [0.1, 0.15) is 30.1 Å². The van der Waals surface area contributed by atoms with Crippen LogP contribution in [0.2, 0.25) is 0 Å². The number of hydrogen-bond acceptors (Lipinski definition) is 6. The molecule has 1 aliphatic heterocycles. The van der Waals surface area contributed by atoms with E-state index >= 15 is 0 Å². The molecule has 0 N–H and O–H groups in total. The zero-order chi connectivity index (χ0) is 18.1. The molecule has 136 valence electrons. The second-order valence-electron chi connectivity index (χ2n) is 6.89. The Labute approximate surface area is 161 Å². The first-order valence-electron chi connectivity index (χ1n) is 9.21. The van der Waals surface area contributed by atoms with Gasteiger partial charge in [0, 0.05) is 43.8 Å². The average Bonchev–Trinajstić information content (AvgIpc) is 3.38. The van der Waals surface area contributed by atoms with Crippen molar-refractivity contribution < 1.29 is 0 Å². The van der Waals surface area contributed by atoms with Crippen LogP contribution in [-0.4, -0.2) is 37.6 Å². The van der Waals surface area contributed by atoms with Crippen LogP contribution in [0, 0.1) is 0 Å². The van der Waals surface area contributed by atoms with E-state index in [9.17, 15) is 0 Å². The number of nitrogens with zero attached hydrogens (tertiary/aromatic N) is 6. The van der Waals surface area contributed by atoms with E-state index in [1.165, 1.54) is 10.3 Å². The van der Waals surface area contributed by atoms with E-state index in [0.29, 0.717) is 5.92 Å². The third-order valence-corrected chi connectivity index (χ3v) is 6.03. The van der Waals surface area contributed by atoms with E-state index in [-0.39, 0.29) is 0 Å². The maximum absolute atomic E-state index is 4.70. The smallest absolute Gasteiger partial charge is 0.150 e. The molecule has 4 aromatic rings. The van der Waals surface area contributed by atoms with Crippen LogP contribution in [0.4, 0.5) is 5.82 Å². The summed E-state index contributed by atoms with van der Waals surface area (Å²) in [6.45, 7) is 2.78. The highest BCUT2D eigenvalue weighted by atomic mass is 32.1. The van der Waals surface area contributed by atoms with E-state index < -0.39 is 0 Å². The summed E-state index contributed by atoms with van der Waals surface area (Å²) in [6.07, 6.45) is 11.7. The summed E-state index contributed by atoms with van der Waals surface area (Å²) in [6, 6.07) is 6.15. The third-order valence-electron chi connectivity index (χ3n) is 5.13. The standard InChI is InChI=1S/C20H20N6S/c1-3-15(11-21-6-1)12-26-9-7-22-19(26)16-4-2-8-25(13-16)20-18-17(5-10-27-18)23-14-24-20/h1,3,5-7,9-11,14,16H,2,4,8,12-13H2/t16-/m0/s1. The van der Waals surface area contributed by atoms with Crippen molar-refractivity contribution in [2.75, 3.05) is 18.0 Å². The number of fused-ring (bicyclic) bond motifs is 1. The summed E-state index contributed by atoms with van der Waals surface area (Å²) < 4.78 is 3.43. The number of anilines is 1. The predicted octanol–water partition coefficient (Wildman–Crippen LogP) is 3.72. The monoisotopic (exact) mass is 376 g/mol. The van der Waals surface area contributed by atoms with Crippen LogP contribution < -0.4 is 4.90 Å². The Kier molecular flexibility index (Phi) is 4.29. The fraction of sp³-hybridized carbons (Fsp3) is 0.300. The molecule has 0 aliphatic carbocycles. The van der Waals surface area contributed by atoms with Crippen molar-refractivity contribution in [1.29, 1.82) is 0 Å². The third kappa shape index (κ3) is 3.19. The molecule has 5 rings (SSSR count). The van der Waals surface area contributed by atoms with Gasteiger partial charge in [0.25, 0.3) is 0 Å². The molecule has 0 amide bonds. The van der Waals surface area contributed by atoms with Gasteiger partial charge in [-0.25, -0.2) is 15.0 Å². The first-order valence-corrected chi connectivity index (χ1v) is 10.1. The van der Waals surface area contributed by atoms with E-state index in [2.05, 4.69) is 48.1 Å². The van der Waals surface area contributed by atoms with Crippen molar-refractivity contribution in [3.63, 3.8) is 0 Å². The summed E-state index contributed by atoms with van der Waals surface area (Å²) >= 11 is 1.72. The minimum absolute atomic E-state index is 0.399. The second-order valence-corrected chi connectivity index (χ2v) is 7.81. The number of thiophene rings is 1. The van der Waals surface area contributed by atoms with E-state index in [1.807, 2.05) is 24.7 Å². The molecular weight excluding hydrogens is 356 g/mol. The highest BCUT2D eigenvalue weighted by molar-refractivity contribution is 7.17. The molecule has 4 aromatic heterocycles. The molecule has 0 unspecified atom stereocenters. The largest absolute Gasteiger partial charge is 0.355 e. The Bertz CT molecular complexity index is 1040. The van der Waals surface area contributed by atoms with E-state index in [1.54, 1.807) is 17.7 Å². The Hall–Kier alpha value is -2.80. The lowest BCUT2D eigenvalue weighted by Crippen LogP contribution is -2.36. The first-order chi connectivity index (χ1) is 13.4. The molecule has 0 bridgehead atoms. The Morgan fingerprint density at radius 2 is 2.15 bits per heavy atom. The predicted molar refractivity (Wildman–Crippen MR) is 107 cm³/mol. The Morgan fingerprint density at radius 1 is 1.15 bits per heavy atom. The fourth-order valence-corrected chi connectivity index (χ4v) is 4.75. The summed E-state index contributed by atoms with van der Waals surface area (Å²) in [5.74, 6) is 2.61. The number of pyridine rings is 1. The number of aromatic nitrogens is 5. The van der Waals surface area contributed by atoms with Gasteiger partial charge >= 0.3 is 0 Å². The fourth-order valence-electron chi connectivity index (χ4n) is 3.88. The number of imidazole rings is 1. The molecule has 0 aromatic carbocycles. The van der Waals surface area contributed by atoms with Crippen molar-refractivity contribution in [3.05, 3.63) is 66.1 Å². The summed E-state index contributed by atoms with van der Waals surface area (Å²) in [4.78, 5) is 20.3. The van der Waals surface area contributed by atoms with Crippen molar-refractivity contribution in [2.24, 2.45) is 0 Å². The Balaban J connectivity index is 1.41. The highest BCUT2D eigenvalue weighted by Crippen LogP contribution is 2.33. The highest BCUT2D eigenvalue weighted by Gasteiger charge is 2.26. The summed E-state index contributed by atoms with van der Waals surface area (Å²) in [5.41, 5.74) is 2.23. The molecule has 0 spiro atoms. The molecule has 0 radical (unpaired) electrons. The SMILES string of the molecule is c1cncc(Cn2ccnc2[C@H]2CCCN(c3ncnc4ccsc34)C2)c1. The topological polar surface area (TPSA) is 59.7 Å². The molecule has 5 heterocycles. The molecule has 7 heteroatoms. The van der Waals surface area contributed by atoms with Gasteiger partial charge in [-0.1, -0.05) is 6.07 Å². The van der Waals surface area contributed by atoms with E-state index in [4.69, 9.17) is 4.98 Å². The van der Waals surface area contributed by atoms with Crippen LogP contribution in [-0.2, 0) is 6.54 Å². The van der Waals surface area contributed by atoms with Crippen LogP contribution >= 0.6 is 11.3 Å². The van der Waals surface area contributed by atoms with Crippen LogP contribution in [0.3, 0.4) is 0 Å². The van der Waals surface area contributed by atoms with Gasteiger partial charge in [-0.3, -0.25) is 4.98 Å². The van der Waals surface area contributed by atoms with Gasteiger partial charge < -0.3 is 9.47 Å². The number of hydrogen-bond donors (Lipinski definition) is 0. The zero-order valence-electron chi connectivity index (χ0n) is 14.9. The normalized spacial score (nSPS) is 17.5. The van der Waals surface area contributed by atoms with Gasteiger partial charge in [0.1, 0.15) is 18.0 Å². The lowest BCUT2D eigenvalue weighted by Gasteiger charge is -2.33. The average molecular weight is 376 g/mol. The molecule has 27 heavy (non-hydrogen) atoms. The summed E-state index contributed by atoms with van der Waals surface area (Å²) in [7, 11) is 0. The minimum atomic E-state index is 0.399. The van der Waals surface area contributed by atoms with Crippen molar-refractivity contribution in [1.82, 2.24) is 24.5 Å². The molecule has 6 nitrogen and oxygen atoms in total. The van der Waals surface area contributed by atoms with E-state index in [0.717, 1.165) is 49.6 Å². The molecule has 1 saturated heterocycles. The maximum Gasteiger partial charge on any atom is 0.150 e. The summed E-state index contributed by atoms with van der Waals surface area (Å²) in [5, 5.41) is 2.09. The minimum Gasteiger partial charge on any atom is -0.355 e.